The van der Waals surface area contributed by atoms with Crippen LogP contribution in [0.2, 0.25) is 0 Å². The minimum Gasteiger partial charge on any atom is -0.493 e. The Morgan fingerprint density at radius 1 is 0.967 bits per heavy atom. The van der Waals surface area contributed by atoms with Gasteiger partial charge in [-0.2, -0.15) is 0 Å². The summed E-state index contributed by atoms with van der Waals surface area (Å²) in [5.74, 6) is 1.44. The van der Waals surface area contributed by atoms with E-state index in [0.717, 1.165) is 5.56 Å². The Morgan fingerprint density at radius 3 is 2.30 bits per heavy atom. The summed E-state index contributed by atoms with van der Waals surface area (Å²) in [6.07, 6.45) is 1.34. The third-order valence-electron chi connectivity index (χ3n) is 4.23. The molecular formula is C21H28N2O6S. The van der Waals surface area contributed by atoms with Gasteiger partial charge in [0.2, 0.25) is 10.0 Å². The highest BCUT2D eigenvalue weighted by Crippen LogP contribution is 2.27. The molecule has 30 heavy (non-hydrogen) atoms. The second-order valence-corrected chi connectivity index (χ2v) is 8.21. The number of hydrogen-bond acceptors (Lipinski definition) is 6. The van der Waals surface area contributed by atoms with Gasteiger partial charge in [-0.25, -0.2) is 13.1 Å². The van der Waals surface area contributed by atoms with Gasteiger partial charge in [-0.15, -0.1) is 0 Å². The molecular weight excluding hydrogens is 408 g/mol. The van der Waals surface area contributed by atoms with Gasteiger partial charge in [-0.3, -0.25) is 4.79 Å². The number of sulfonamides is 1. The molecule has 0 saturated heterocycles. The van der Waals surface area contributed by atoms with Crippen molar-refractivity contribution in [2.75, 3.05) is 33.9 Å². The maximum absolute atomic E-state index is 12.0. The normalized spacial score (nSPS) is 11.0. The number of benzene rings is 2. The number of amides is 1. The molecule has 0 bridgehead atoms. The number of ether oxygens (including phenoxy) is 3. The van der Waals surface area contributed by atoms with E-state index in [4.69, 9.17) is 14.2 Å². The van der Waals surface area contributed by atoms with Crippen LogP contribution in [0, 0.1) is 0 Å². The van der Waals surface area contributed by atoms with E-state index < -0.39 is 10.0 Å². The lowest BCUT2D eigenvalue weighted by molar-refractivity contribution is -0.123. The number of hydrogen-bond donors (Lipinski definition) is 2. The zero-order valence-electron chi connectivity index (χ0n) is 17.4. The van der Waals surface area contributed by atoms with Crippen LogP contribution in [0.4, 0.5) is 0 Å². The second-order valence-electron chi connectivity index (χ2n) is 6.45. The Bertz CT molecular complexity index is 929. The van der Waals surface area contributed by atoms with Gasteiger partial charge in [0.1, 0.15) is 5.75 Å². The van der Waals surface area contributed by atoms with Gasteiger partial charge in [-0.05, 0) is 54.8 Å². The molecule has 0 spiro atoms. The van der Waals surface area contributed by atoms with E-state index in [1.807, 2.05) is 25.1 Å². The Morgan fingerprint density at radius 2 is 1.67 bits per heavy atom. The third-order valence-corrected chi connectivity index (χ3v) is 5.71. The van der Waals surface area contributed by atoms with E-state index in [-0.39, 0.29) is 17.4 Å². The molecule has 2 aromatic carbocycles. The summed E-state index contributed by atoms with van der Waals surface area (Å²) in [6, 6.07) is 11.5. The minimum absolute atomic E-state index is 0.155. The molecule has 8 nitrogen and oxygen atoms in total. The molecule has 0 fully saturated rings. The summed E-state index contributed by atoms with van der Waals surface area (Å²) in [4.78, 5) is 12.1. The number of nitrogens with one attached hydrogen (secondary N) is 2. The molecule has 0 aliphatic rings. The summed E-state index contributed by atoms with van der Waals surface area (Å²) >= 11 is 0. The Labute approximate surface area is 177 Å². The molecule has 0 radical (unpaired) electrons. The van der Waals surface area contributed by atoms with Crippen LogP contribution in [0.15, 0.2) is 47.4 Å². The van der Waals surface area contributed by atoms with Crippen molar-refractivity contribution in [3.63, 3.8) is 0 Å². The summed E-state index contributed by atoms with van der Waals surface area (Å²) in [5.41, 5.74) is 1.00. The fraction of sp³-hybridized carbons (Fsp3) is 0.381. The van der Waals surface area contributed by atoms with E-state index in [9.17, 15) is 13.2 Å². The second kappa shape index (κ2) is 11.4. The monoisotopic (exact) mass is 436 g/mol. The fourth-order valence-corrected chi connectivity index (χ4v) is 3.75. The largest absolute Gasteiger partial charge is 0.493 e. The maximum Gasteiger partial charge on any atom is 0.257 e. The van der Waals surface area contributed by atoms with Gasteiger partial charge in [0.15, 0.2) is 18.1 Å². The fourth-order valence-electron chi connectivity index (χ4n) is 2.62. The van der Waals surface area contributed by atoms with Crippen LogP contribution in [-0.2, 0) is 21.2 Å². The van der Waals surface area contributed by atoms with Crippen LogP contribution in [0.5, 0.6) is 17.2 Å². The van der Waals surface area contributed by atoms with Crippen molar-refractivity contribution in [2.45, 2.75) is 24.7 Å². The molecule has 9 heteroatoms. The highest BCUT2D eigenvalue weighted by Gasteiger charge is 2.13. The number of rotatable bonds is 12. The van der Waals surface area contributed by atoms with Crippen LogP contribution < -0.4 is 24.2 Å². The lowest BCUT2D eigenvalue weighted by atomic mass is 10.1. The third kappa shape index (κ3) is 6.93. The molecule has 0 aromatic heterocycles. The first-order valence-corrected chi connectivity index (χ1v) is 11.1. The maximum atomic E-state index is 12.0. The van der Waals surface area contributed by atoms with E-state index in [0.29, 0.717) is 43.2 Å². The topological polar surface area (TPSA) is 103 Å². The number of carbonyl (C=O) groups is 1. The number of methoxy groups -OCH3 is 2. The van der Waals surface area contributed by atoms with Crippen LogP contribution >= 0.6 is 0 Å². The van der Waals surface area contributed by atoms with Crippen LogP contribution in [-0.4, -0.2) is 48.2 Å². The van der Waals surface area contributed by atoms with Crippen LogP contribution in [0.1, 0.15) is 18.9 Å². The van der Waals surface area contributed by atoms with Gasteiger partial charge >= 0.3 is 0 Å². The van der Waals surface area contributed by atoms with Crippen molar-refractivity contribution < 1.29 is 27.4 Å². The van der Waals surface area contributed by atoms with E-state index >= 15 is 0 Å². The SMILES string of the molecule is CCCNS(=O)(=O)c1ccc(OCC(=O)NCCc2ccc(OC)c(OC)c2)cc1. The highest BCUT2D eigenvalue weighted by atomic mass is 32.2. The van der Waals surface area contributed by atoms with Crippen LogP contribution in [0.3, 0.4) is 0 Å². The van der Waals surface area contributed by atoms with E-state index in [1.54, 1.807) is 14.2 Å². The zero-order chi connectivity index (χ0) is 22.0. The summed E-state index contributed by atoms with van der Waals surface area (Å²) in [6.45, 7) is 2.55. The molecule has 164 valence electrons. The van der Waals surface area contributed by atoms with Crippen molar-refractivity contribution in [1.29, 1.82) is 0 Å². The lowest BCUT2D eigenvalue weighted by Crippen LogP contribution is -2.30. The van der Waals surface area contributed by atoms with Gasteiger partial charge < -0.3 is 19.5 Å². The molecule has 1 amide bonds. The predicted molar refractivity (Wildman–Crippen MR) is 114 cm³/mol. The first-order chi connectivity index (χ1) is 14.4. The first-order valence-electron chi connectivity index (χ1n) is 9.59. The van der Waals surface area contributed by atoms with Crippen molar-refractivity contribution in [1.82, 2.24) is 10.0 Å². The average molecular weight is 437 g/mol. The number of carbonyl (C=O) groups excluding carboxylic acids is 1. The molecule has 2 aromatic rings. The van der Waals surface area contributed by atoms with Gasteiger partial charge in [0.05, 0.1) is 19.1 Å². The Kier molecular flexibility index (Phi) is 8.94. The van der Waals surface area contributed by atoms with Crippen molar-refractivity contribution in [3.05, 3.63) is 48.0 Å². The van der Waals surface area contributed by atoms with Gasteiger partial charge in [0.25, 0.3) is 5.91 Å². The van der Waals surface area contributed by atoms with Crippen molar-refractivity contribution in [3.8, 4) is 17.2 Å². The Balaban J connectivity index is 1.78. The van der Waals surface area contributed by atoms with Crippen molar-refractivity contribution in [2.24, 2.45) is 0 Å². The van der Waals surface area contributed by atoms with Gasteiger partial charge in [0, 0.05) is 13.1 Å². The van der Waals surface area contributed by atoms with Crippen molar-refractivity contribution >= 4 is 15.9 Å². The predicted octanol–water partition coefficient (Wildman–Crippen LogP) is 2.13. The summed E-state index contributed by atoms with van der Waals surface area (Å²) < 4.78 is 42.5. The zero-order valence-corrected chi connectivity index (χ0v) is 18.3. The summed E-state index contributed by atoms with van der Waals surface area (Å²) in [5, 5.41) is 2.78. The molecule has 0 atom stereocenters. The van der Waals surface area contributed by atoms with E-state index in [1.165, 1.54) is 24.3 Å². The molecule has 0 aliphatic carbocycles. The minimum atomic E-state index is -3.52. The smallest absolute Gasteiger partial charge is 0.257 e. The van der Waals surface area contributed by atoms with E-state index in [2.05, 4.69) is 10.0 Å². The molecule has 2 rings (SSSR count). The molecule has 0 unspecified atom stereocenters. The first kappa shape index (κ1) is 23.5. The Hall–Kier alpha value is -2.78. The molecule has 0 heterocycles. The lowest BCUT2D eigenvalue weighted by Gasteiger charge is -2.11. The molecule has 0 aliphatic heterocycles. The quantitative estimate of drug-likeness (QED) is 0.528. The molecule has 2 N–H and O–H groups in total. The average Bonchev–Trinajstić information content (AvgIpc) is 2.76. The van der Waals surface area contributed by atoms with Gasteiger partial charge in [-0.1, -0.05) is 13.0 Å². The summed E-state index contributed by atoms with van der Waals surface area (Å²) in [7, 11) is -0.369. The van der Waals surface area contributed by atoms with Crippen LogP contribution in [0.25, 0.3) is 0 Å². The molecule has 0 saturated carbocycles. The highest BCUT2D eigenvalue weighted by molar-refractivity contribution is 7.89. The standard InChI is InChI=1S/C21H28N2O6S/c1-4-12-23-30(25,26)18-8-6-17(7-9-18)29-15-21(24)22-13-11-16-5-10-19(27-2)20(14-16)28-3/h5-10,14,23H,4,11-13,15H2,1-3H3,(H,22,24).